The minimum absolute atomic E-state index is 0.0245. The number of nitrogens with zero attached hydrogens (tertiary/aromatic N) is 1. The molecule has 0 saturated carbocycles. The van der Waals surface area contributed by atoms with Crippen LogP contribution < -0.4 is 5.32 Å². The molecule has 1 unspecified atom stereocenters. The van der Waals surface area contributed by atoms with Gasteiger partial charge in [0.15, 0.2) is 5.11 Å². The van der Waals surface area contributed by atoms with Crippen LogP contribution >= 0.6 is 23.6 Å². The first-order valence-electron chi connectivity index (χ1n) is 7.62. The van der Waals surface area contributed by atoms with Gasteiger partial charge in [0.05, 0.1) is 18.8 Å². The highest BCUT2D eigenvalue weighted by molar-refractivity contribution is 7.80. The minimum Gasteiger partial charge on any atom is -0.467 e. The van der Waals surface area contributed by atoms with Crippen LogP contribution in [0.3, 0.4) is 0 Å². The van der Waals surface area contributed by atoms with Gasteiger partial charge in [-0.25, -0.2) is 8.78 Å². The van der Waals surface area contributed by atoms with Gasteiger partial charge in [0.2, 0.25) is 0 Å². The Morgan fingerprint density at radius 2 is 2.00 bits per heavy atom. The van der Waals surface area contributed by atoms with Gasteiger partial charge in [-0.3, -0.25) is 0 Å². The topological polar surface area (TPSA) is 28.4 Å². The summed E-state index contributed by atoms with van der Waals surface area (Å²) in [5.41, 5.74) is 0.269. The first-order valence-corrected chi connectivity index (χ1v) is 8.91. The molecule has 0 amide bonds. The number of hydrogen-bond acceptors (Lipinski definition) is 3. The molecule has 1 atom stereocenters. The smallest absolute Gasteiger partial charge is 0.174 e. The fourth-order valence-electron chi connectivity index (χ4n) is 2.46. The number of nitrogens with one attached hydrogen (secondary N) is 1. The zero-order valence-electron chi connectivity index (χ0n) is 13.4. The van der Waals surface area contributed by atoms with Gasteiger partial charge in [-0.2, -0.15) is 0 Å². The van der Waals surface area contributed by atoms with E-state index in [9.17, 15) is 8.78 Å². The number of thiocarbonyl (C=S) groups is 1. The van der Waals surface area contributed by atoms with Gasteiger partial charge in [0.25, 0.3) is 0 Å². The maximum atomic E-state index is 13.4. The fourth-order valence-corrected chi connectivity index (χ4v) is 3.60. The van der Waals surface area contributed by atoms with Crippen LogP contribution in [-0.4, -0.2) is 10.0 Å². The van der Waals surface area contributed by atoms with Crippen LogP contribution in [0.4, 0.5) is 14.5 Å². The Morgan fingerprint density at radius 1 is 1.24 bits per heavy atom. The van der Waals surface area contributed by atoms with E-state index in [1.54, 1.807) is 17.6 Å². The quantitative estimate of drug-likeness (QED) is 0.587. The Hall–Kier alpha value is -2.25. The van der Waals surface area contributed by atoms with Crippen molar-refractivity contribution in [2.75, 3.05) is 5.32 Å². The summed E-state index contributed by atoms with van der Waals surface area (Å²) < 4.78 is 32.3. The maximum Gasteiger partial charge on any atom is 0.174 e. The lowest BCUT2D eigenvalue weighted by atomic mass is 10.2. The third-order valence-electron chi connectivity index (χ3n) is 3.70. The molecule has 0 radical (unpaired) electrons. The number of halogens is 2. The molecule has 1 N–H and O–H groups in total. The van der Waals surface area contributed by atoms with Crippen molar-refractivity contribution in [3.8, 4) is 0 Å². The number of hydrogen-bond donors (Lipinski definition) is 1. The molecule has 0 saturated heterocycles. The van der Waals surface area contributed by atoms with E-state index in [1.165, 1.54) is 12.1 Å². The van der Waals surface area contributed by atoms with E-state index in [0.29, 0.717) is 11.7 Å². The van der Waals surface area contributed by atoms with E-state index in [0.717, 1.165) is 16.7 Å². The third-order valence-corrected chi connectivity index (χ3v) is 5.08. The van der Waals surface area contributed by atoms with Gasteiger partial charge in [0, 0.05) is 16.6 Å². The van der Waals surface area contributed by atoms with Crippen molar-refractivity contribution in [3.63, 3.8) is 0 Å². The molecule has 3 nitrogen and oxygen atoms in total. The van der Waals surface area contributed by atoms with Crippen molar-refractivity contribution in [1.29, 1.82) is 0 Å². The highest BCUT2D eigenvalue weighted by atomic mass is 32.1. The highest BCUT2D eigenvalue weighted by Crippen LogP contribution is 2.27. The average molecular weight is 378 g/mol. The summed E-state index contributed by atoms with van der Waals surface area (Å²) in [5, 5.41) is 5.28. The van der Waals surface area contributed by atoms with Crippen molar-refractivity contribution in [2.24, 2.45) is 0 Å². The summed E-state index contributed by atoms with van der Waals surface area (Å²) in [6.07, 6.45) is 1.60. The third kappa shape index (κ3) is 4.43. The molecule has 3 aromatic rings. The Kier molecular flexibility index (Phi) is 5.45. The van der Waals surface area contributed by atoms with Crippen LogP contribution in [-0.2, 0) is 6.54 Å². The summed E-state index contributed by atoms with van der Waals surface area (Å²) in [4.78, 5) is 3.05. The molecule has 3 rings (SSSR count). The SMILES string of the molecule is CC(c1cccs1)N(Cc1ccco1)C(=S)Nc1cc(F)cc(F)c1. The molecular formula is C18H16F2N2OS2. The molecule has 0 fully saturated rings. The molecule has 2 heterocycles. The molecule has 7 heteroatoms. The van der Waals surface area contributed by atoms with Gasteiger partial charge < -0.3 is 14.6 Å². The second kappa shape index (κ2) is 7.76. The van der Waals surface area contributed by atoms with E-state index in [4.69, 9.17) is 16.6 Å². The minimum atomic E-state index is -0.658. The summed E-state index contributed by atoms with van der Waals surface area (Å²) in [7, 11) is 0. The molecule has 25 heavy (non-hydrogen) atoms. The first-order chi connectivity index (χ1) is 12.0. The second-order valence-corrected chi connectivity index (χ2v) is 6.85. The average Bonchev–Trinajstić information content (AvgIpc) is 3.24. The molecule has 0 aliphatic carbocycles. The van der Waals surface area contributed by atoms with Crippen LogP contribution in [0.25, 0.3) is 0 Å². The number of rotatable bonds is 5. The summed E-state index contributed by atoms with van der Waals surface area (Å²) in [6, 6.07) is 10.9. The van der Waals surface area contributed by atoms with Crippen LogP contribution in [0.1, 0.15) is 23.6 Å². The second-order valence-electron chi connectivity index (χ2n) is 5.49. The molecular weight excluding hydrogens is 362 g/mol. The summed E-state index contributed by atoms with van der Waals surface area (Å²) in [5.74, 6) is -0.568. The maximum absolute atomic E-state index is 13.4. The largest absolute Gasteiger partial charge is 0.467 e. The van der Waals surface area contributed by atoms with Gasteiger partial charge >= 0.3 is 0 Å². The van der Waals surface area contributed by atoms with Crippen LogP contribution in [0.5, 0.6) is 0 Å². The Labute approximate surface area is 153 Å². The van der Waals surface area contributed by atoms with E-state index in [-0.39, 0.29) is 11.7 Å². The summed E-state index contributed by atoms with van der Waals surface area (Å²) >= 11 is 7.12. The van der Waals surface area contributed by atoms with Gasteiger partial charge in [0.1, 0.15) is 17.4 Å². The number of furan rings is 1. The lowest BCUT2D eigenvalue weighted by molar-refractivity contribution is 0.306. The van der Waals surface area contributed by atoms with Crippen molar-refractivity contribution in [3.05, 3.63) is 76.4 Å². The van der Waals surface area contributed by atoms with E-state index in [2.05, 4.69) is 5.32 Å². The predicted molar refractivity (Wildman–Crippen MR) is 99.6 cm³/mol. The Bertz CT molecular complexity index is 815. The molecule has 0 spiro atoms. The fraction of sp³-hybridized carbons (Fsp3) is 0.167. The molecule has 2 aromatic heterocycles. The zero-order chi connectivity index (χ0) is 17.8. The molecule has 0 aliphatic heterocycles. The number of thiophene rings is 1. The number of benzene rings is 1. The van der Waals surface area contributed by atoms with Gasteiger partial charge in [-0.05, 0) is 54.9 Å². The number of anilines is 1. The standard InChI is InChI=1S/C18H16F2N2OS2/c1-12(17-5-3-7-25-17)22(11-16-4-2-6-23-16)18(24)21-15-9-13(19)8-14(20)10-15/h2-10,12H,11H2,1H3,(H,21,24). The van der Waals surface area contributed by atoms with E-state index < -0.39 is 11.6 Å². The summed E-state index contributed by atoms with van der Waals surface area (Å²) in [6.45, 7) is 2.46. The molecule has 1 aromatic carbocycles. The van der Waals surface area contributed by atoms with Crippen molar-refractivity contribution in [2.45, 2.75) is 19.5 Å². The van der Waals surface area contributed by atoms with Crippen molar-refractivity contribution >= 4 is 34.4 Å². The van der Waals surface area contributed by atoms with Crippen LogP contribution in [0, 0.1) is 11.6 Å². The molecule has 0 aliphatic rings. The highest BCUT2D eigenvalue weighted by Gasteiger charge is 2.21. The lowest BCUT2D eigenvalue weighted by Gasteiger charge is -2.30. The van der Waals surface area contributed by atoms with E-state index >= 15 is 0 Å². The molecule has 130 valence electrons. The Morgan fingerprint density at radius 3 is 2.60 bits per heavy atom. The lowest BCUT2D eigenvalue weighted by Crippen LogP contribution is -2.36. The van der Waals surface area contributed by atoms with E-state index in [1.807, 2.05) is 41.5 Å². The predicted octanol–water partition coefficient (Wildman–Crippen LogP) is 5.58. The van der Waals surface area contributed by atoms with Crippen LogP contribution in [0.2, 0.25) is 0 Å². The normalized spacial score (nSPS) is 12.0. The zero-order valence-corrected chi connectivity index (χ0v) is 15.0. The molecule has 0 bridgehead atoms. The van der Waals surface area contributed by atoms with Crippen molar-refractivity contribution in [1.82, 2.24) is 4.90 Å². The Balaban J connectivity index is 1.83. The van der Waals surface area contributed by atoms with Crippen molar-refractivity contribution < 1.29 is 13.2 Å². The first kappa shape index (κ1) is 17.6. The monoisotopic (exact) mass is 378 g/mol. The van der Waals surface area contributed by atoms with Gasteiger partial charge in [-0.1, -0.05) is 6.07 Å². The van der Waals surface area contributed by atoms with Crippen LogP contribution in [0.15, 0.2) is 58.5 Å². The van der Waals surface area contributed by atoms with Gasteiger partial charge in [-0.15, -0.1) is 11.3 Å².